The van der Waals surface area contributed by atoms with E-state index in [0.717, 1.165) is 31.3 Å². The summed E-state index contributed by atoms with van der Waals surface area (Å²) in [5.41, 5.74) is 2.93. The molecule has 2 saturated carbocycles. The van der Waals surface area contributed by atoms with Crippen LogP contribution in [0.25, 0.3) is 0 Å². The van der Waals surface area contributed by atoms with Crippen LogP contribution in [0.2, 0.25) is 0 Å². The van der Waals surface area contributed by atoms with Gasteiger partial charge >= 0.3 is 11.9 Å². The summed E-state index contributed by atoms with van der Waals surface area (Å²) in [6.07, 6.45) is 9.26. The van der Waals surface area contributed by atoms with Gasteiger partial charge < -0.3 is 14.9 Å². The molecule has 0 saturated heterocycles. The Hall–Kier alpha value is -1.88. The molecule has 5 nitrogen and oxygen atoms in total. The fourth-order valence-electron chi connectivity index (χ4n) is 9.30. The first-order valence-electron chi connectivity index (χ1n) is 14.7. The quantitative estimate of drug-likeness (QED) is 0.273. The van der Waals surface area contributed by atoms with Crippen LogP contribution in [0.1, 0.15) is 100 Å². The lowest BCUT2D eigenvalue weighted by molar-refractivity contribution is -0.165. The van der Waals surface area contributed by atoms with E-state index >= 15 is 0 Å². The predicted octanol–water partition coefficient (Wildman–Crippen LogP) is 7.11. The summed E-state index contributed by atoms with van der Waals surface area (Å²) in [6, 6.07) is 0. The first-order valence-corrected chi connectivity index (χ1v) is 14.7. The van der Waals surface area contributed by atoms with Crippen LogP contribution < -0.4 is 0 Å². The van der Waals surface area contributed by atoms with Crippen molar-refractivity contribution in [3.8, 4) is 0 Å². The van der Waals surface area contributed by atoms with Crippen LogP contribution in [-0.2, 0) is 14.3 Å². The van der Waals surface area contributed by atoms with E-state index in [2.05, 4.69) is 67.2 Å². The molecule has 2 unspecified atom stereocenters. The Bertz CT molecular complexity index is 1070. The van der Waals surface area contributed by atoms with Gasteiger partial charge in [0.05, 0.1) is 12.0 Å². The first-order chi connectivity index (χ1) is 17.5. The number of carbonyl (C=O) groups is 2. The van der Waals surface area contributed by atoms with Crippen LogP contribution in [0.5, 0.6) is 0 Å². The Morgan fingerprint density at radius 2 is 1.79 bits per heavy atom. The third-order valence-electron chi connectivity index (χ3n) is 11.9. The van der Waals surface area contributed by atoms with Crippen molar-refractivity contribution in [3.05, 3.63) is 35.5 Å². The van der Waals surface area contributed by atoms with Crippen molar-refractivity contribution in [1.82, 2.24) is 0 Å². The van der Waals surface area contributed by atoms with Crippen molar-refractivity contribution in [1.29, 1.82) is 0 Å². The van der Waals surface area contributed by atoms with E-state index in [-0.39, 0.29) is 39.7 Å². The van der Waals surface area contributed by atoms with Gasteiger partial charge in [0.2, 0.25) is 0 Å². The molecule has 2 N–H and O–H groups in total. The second-order valence-electron chi connectivity index (χ2n) is 14.4. The summed E-state index contributed by atoms with van der Waals surface area (Å²) in [4.78, 5) is 24.5. The molecule has 0 radical (unpaired) electrons. The summed E-state index contributed by atoms with van der Waals surface area (Å²) < 4.78 is 5.80. The molecule has 0 heterocycles. The maximum Gasteiger partial charge on any atom is 0.306 e. The van der Waals surface area contributed by atoms with Gasteiger partial charge in [0.25, 0.3) is 0 Å². The minimum Gasteiger partial charge on any atom is -0.481 e. The monoisotopic (exact) mass is 526 g/mol. The third kappa shape index (κ3) is 4.22. The number of rotatable bonds is 7. The number of carboxylic acid groups (broad SMARTS) is 1. The number of aliphatic hydroxyl groups excluding tert-OH is 1. The smallest absolute Gasteiger partial charge is 0.306 e. The molecule has 0 spiro atoms. The first kappa shape index (κ1) is 29.1. The van der Waals surface area contributed by atoms with E-state index in [0.29, 0.717) is 31.1 Å². The highest BCUT2D eigenvalue weighted by atomic mass is 16.5. The lowest BCUT2D eigenvalue weighted by atomic mass is 9.44. The summed E-state index contributed by atoms with van der Waals surface area (Å²) >= 11 is 0. The second kappa shape index (κ2) is 9.64. The normalized spacial score (nSPS) is 40.3. The molecule has 0 aromatic heterocycles. The van der Waals surface area contributed by atoms with E-state index in [1.807, 2.05) is 0 Å². The lowest BCUT2D eigenvalue weighted by Gasteiger charge is -2.61. The average Bonchev–Trinajstić information content (AvgIpc) is 3.01. The second-order valence-corrected chi connectivity index (χ2v) is 14.4. The maximum absolute atomic E-state index is 12.6. The zero-order valence-electron chi connectivity index (χ0n) is 24.9. The molecular weight excluding hydrogens is 476 g/mol. The molecule has 0 bridgehead atoms. The SMILES string of the molecule is C=C(CC[C@@H](C(=O)O)C1[C@H](O)C[C@@]2(C)C3=CCC4C(C)(C)[C@@H](OC(C)=O)CC[C@]4(C)C3=CC[C@]12C)C(C)C. The van der Waals surface area contributed by atoms with E-state index < -0.39 is 18.0 Å². The highest BCUT2D eigenvalue weighted by Gasteiger charge is 2.66. The fraction of sp³-hybridized carbons (Fsp3) is 0.758. The molecule has 0 aromatic carbocycles. The highest BCUT2D eigenvalue weighted by molar-refractivity contribution is 5.71. The molecule has 5 heteroatoms. The highest BCUT2D eigenvalue weighted by Crippen LogP contribution is 2.72. The molecule has 0 aromatic rings. The van der Waals surface area contributed by atoms with Gasteiger partial charge in [0.1, 0.15) is 6.10 Å². The summed E-state index contributed by atoms with van der Waals surface area (Å²) in [7, 11) is 0. The number of allylic oxidation sites excluding steroid dienone is 5. The lowest BCUT2D eigenvalue weighted by Crippen LogP contribution is -2.55. The number of hydrogen-bond donors (Lipinski definition) is 2. The third-order valence-corrected chi connectivity index (χ3v) is 11.9. The number of fused-ring (bicyclic) bond motifs is 5. The average molecular weight is 527 g/mol. The molecule has 8 atom stereocenters. The van der Waals surface area contributed by atoms with Gasteiger partial charge in [-0.3, -0.25) is 9.59 Å². The number of esters is 1. The van der Waals surface area contributed by atoms with E-state index in [9.17, 15) is 19.8 Å². The van der Waals surface area contributed by atoms with Crippen LogP contribution in [-0.4, -0.2) is 34.4 Å². The molecule has 0 amide bonds. The molecule has 0 aliphatic heterocycles. The fourth-order valence-corrected chi connectivity index (χ4v) is 9.30. The van der Waals surface area contributed by atoms with Crippen LogP contribution >= 0.6 is 0 Å². The van der Waals surface area contributed by atoms with Crippen molar-refractivity contribution in [2.75, 3.05) is 0 Å². The Labute approximate surface area is 229 Å². The Balaban J connectivity index is 1.70. The topological polar surface area (TPSA) is 83.8 Å². The number of carbonyl (C=O) groups excluding carboxylic acids is 1. The Kier molecular flexibility index (Phi) is 7.39. The summed E-state index contributed by atoms with van der Waals surface area (Å²) in [6.45, 7) is 21.2. The molecule has 2 fully saturated rings. The van der Waals surface area contributed by atoms with Gasteiger partial charge in [-0.1, -0.05) is 72.8 Å². The summed E-state index contributed by atoms with van der Waals surface area (Å²) in [5, 5.41) is 21.9. The number of aliphatic carboxylic acids is 1. The largest absolute Gasteiger partial charge is 0.481 e. The van der Waals surface area contributed by atoms with Crippen molar-refractivity contribution in [2.45, 2.75) is 113 Å². The van der Waals surface area contributed by atoms with Gasteiger partial charge in [-0.2, -0.15) is 0 Å². The van der Waals surface area contributed by atoms with Crippen molar-refractivity contribution >= 4 is 11.9 Å². The summed E-state index contributed by atoms with van der Waals surface area (Å²) in [5.74, 6) is -1.28. The van der Waals surface area contributed by atoms with Crippen molar-refractivity contribution < 1.29 is 24.5 Å². The maximum atomic E-state index is 12.6. The predicted molar refractivity (Wildman–Crippen MR) is 150 cm³/mol. The Morgan fingerprint density at radius 1 is 1.13 bits per heavy atom. The van der Waals surface area contributed by atoms with E-state index in [1.165, 1.54) is 18.1 Å². The van der Waals surface area contributed by atoms with Gasteiger partial charge in [0.15, 0.2) is 0 Å². The minimum atomic E-state index is -0.805. The standard InChI is InChI=1S/C33H50O5/c1-19(2)20(3)10-11-22(29(36)37)28-25(35)18-33(9)24-12-13-26-30(5,6)27(38-21(4)34)15-16-31(26,7)23(24)14-17-32(28,33)8/h12,14,19,22,25-28,35H,3,10-11,13,15-18H2,1-2,4-9H3,(H,36,37)/t22-,25-,26?,27+,28?,31-,32-,33+/m1/s1. The van der Waals surface area contributed by atoms with Crippen LogP contribution in [0, 0.1) is 45.3 Å². The minimum absolute atomic E-state index is 0.0428. The van der Waals surface area contributed by atoms with Crippen molar-refractivity contribution in [3.63, 3.8) is 0 Å². The van der Waals surface area contributed by atoms with Gasteiger partial charge in [-0.05, 0) is 78.8 Å². The van der Waals surface area contributed by atoms with E-state index in [4.69, 9.17) is 4.74 Å². The van der Waals surface area contributed by atoms with Gasteiger partial charge in [0, 0.05) is 23.7 Å². The Morgan fingerprint density at radius 3 is 2.37 bits per heavy atom. The molecule has 38 heavy (non-hydrogen) atoms. The van der Waals surface area contributed by atoms with Crippen LogP contribution in [0.3, 0.4) is 0 Å². The molecule has 4 aliphatic carbocycles. The number of ether oxygens (including phenoxy) is 1. The zero-order valence-corrected chi connectivity index (χ0v) is 24.9. The molecule has 212 valence electrons. The van der Waals surface area contributed by atoms with Crippen LogP contribution in [0.4, 0.5) is 0 Å². The molecular formula is C33H50O5. The van der Waals surface area contributed by atoms with Crippen molar-refractivity contribution in [2.24, 2.45) is 45.3 Å². The number of aliphatic hydroxyl groups is 1. The van der Waals surface area contributed by atoms with Gasteiger partial charge in [-0.15, -0.1) is 0 Å². The van der Waals surface area contributed by atoms with E-state index in [1.54, 1.807) is 0 Å². The van der Waals surface area contributed by atoms with Gasteiger partial charge in [-0.25, -0.2) is 0 Å². The zero-order chi connectivity index (χ0) is 28.4. The molecule has 4 aliphatic rings. The number of hydrogen-bond acceptors (Lipinski definition) is 4. The number of carboxylic acids is 1. The molecule has 4 rings (SSSR count). The van der Waals surface area contributed by atoms with Crippen LogP contribution in [0.15, 0.2) is 35.5 Å².